The molecule has 3 N–H and O–H groups in total. The van der Waals surface area contributed by atoms with Crippen molar-refractivity contribution in [3.8, 4) is 0 Å². The first-order valence-corrected chi connectivity index (χ1v) is 8.68. The topological polar surface area (TPSA) is 77.8 Å². The number of unbranched alkanes of at least 4 members (excludes halogenated alkanes) is 1. The predicted octanol–water partition coefficient (Wildman–Crippen LogP) is 3.26. The summed E-state index contributed by atoms with van der Waals surface area (Å²) in [6.07, 6.45) is 5.06. The van der Waals surface area contributed by atoms with Gasteiger partial charge in [0.1, 0.15) is 0 Å². The van der Waals surface area contributed by atoms with Crippen LogP contribution >= 0.6 is 7.60 Å². The van der Waals surface area contributed by atoms with E-state index in [0.29, 0.717) is 0 Å². The summed E-state index contributed by atoms with van der Waals surface area (Å²) in [5, 5.41) is 10.0. The highest BCUT2D eigenvalue weighted by Crippen LogP contribution is 2.38. The Morgan fingerprint density at radius 2 is 1.85 bits per heavy atom. The van der Waals surface area contributed by atoms with Gasteiger partial charge < -0.3 is 14.9 Å². The minimum atomic E-state index is -4.03. The number of hydrogen-bond acceptors (Lipinski definition) is 2. The second kappa shape index (κ2) is 8.38. The summed E-state index contributed by atoms with van der Waals surface area (Å²) in [6, 6.07) is 9.20. The van der Waals surface area contributed by atoms with E-state index >= 15 is 0 Å². The Balaban J connectivity index is 2.67. The average molecular weight is 298 g/mol. The van der Waals surface area contributed by atoms with Gasteiger partial charge in [-0.3, -0.25) is 4.57 Å². The van der Waals surface area contributed by atoms with Gasteiger partial charge in [-0.2, -0.15) is 0 Å². The second-order valence-corrected chi connectivity index (χ2v) is 6.68. The summed E-state index contributed by atoms with van der Waals surface area (Å²) < 4.78 is 11.1. The predicted molar refractivity (Wildman–Crippen MR) is 80.5 cm³/mol. The van der Waals surface area contributed by atoms with Crippen LogP contribution < -0.4 is 0 Å². The van der Waals surface area contributed by atoms with Crippen LogP contribution in [0.4, 0.5) is 0 Å². The fraction of sp³-hybridized carbons (Fsp3) is 0.467. The molecule has 1 aromatic carbocycles. The summed E-state index contributed by atoms with van der Waals surface area (Å²) in [7, 11) is -4.03. The van der Waals surface area contributed by atoms with E-state index in [1.165, 1.54) is 0 Å². The third-order valence-electron chi connectivity index (χ3n) is 3.11. The van der Waals surface area contributed by atoms with Crippen LogP contribution in [0, 0.1) is 5.92 Å². The number of allylic oxidation sites excluding steroid dienone is 1. The number of hydrogen-bond donors (Lipinski definition) is 3. The van der Waals surface area contributed by atoms with Gasteiger partial charge >= 0.3 is 7.60 Å². The maximum atomic E-state index is 11.1. The van der Waals surface area contributed by atoms with Crippen molar-refractivity contribution in [1.29, 1.82) is 0 Å². The Morgan fingerprint density at radius 1 is 1.20 bits per heavy atom. The summed E-state index contributed by atoms with van der Waals surface area (Å²) in [5.74, 6) is -0.200. The lowest BCUT2D eigenvalue weighted by molar-refractivity contribution is 0.227. The summed E-state index contributed by atoms with van der Waals surface area (Å²) in [5.41, 5.74) is 0.772. The van der Waals surface area contributed by atoms with Crippen molar-refractivity contribution < 1.29 is 19.5 Å². The average Bonchev–Trinajstić information content (AvgIpc) is 2.41. The van der Waals surface area contributed by atoms with E-state index in [0.717, 1.165) is 24.8 Å². The zero-order valence-corrected chi connectivity index (χ0v) is 12.6. The van der Waals surface area contributed by atoms with Crippen molar-refractivity contribution in [3.63, 3.8) is 0 Å². The van der Waals surface area contributed by atoms with Crippen molar-refractivity contribution in [2.24, 2.45) is 5.92 Å². The second-order valence-electron chi connectivity index (χ2n) is 4.99. The molecule has 0 radical (unpaired) electrons. The van der Waals surface area contributed by atoms with Gasteiger partial charge in [0.25, 0.3) is 0 Å². The van der Waals surface area contributed by atoms with Crippen LogP contribution in [-0.4, -0.2) is 21.1 Å². The molecule has 112 valence electrons. The molecule has 0 saturated carbocycles. The van der Waals surface area contributed by atoms with Crippen LogP contribution in [0.5, 0.6) is 0 Å². The van der Waals surface area contributed by atoms with E-state index in [9.17, 15) is 9.67 Å². The molecule has 0 aliphatic rings. The third-order valence-corrected chi connectivity index (χ3v) is 4.05. The first-order valence-electron chi connectivity index (χ1n) is 6.88. The number of aliphatic hydroxyl groups is 1. The Labute approximate surface area is 120 Å². The van der Waals surface area contributed by atoms with Crippen LogP contribution in [0.1, 0.15) is 37.9 Å². The Kier molecular flexibility index (Phi) is 7.17. The van der Waals surface area contributed by atoms with Gasteiger partial charge in [0.2, 0.25) is 0 Å². The molecule has 1 rings (SSSR count). The van der Waals surface area contributed by atoms with Crippen molar-refractivity contribution >= 4 is 7.60 Å². The molecule has 20 heavy (non-hydrogen) atoms. The van der Waals surface area contributed by atoms with Crippen LogP contribution in [0.15, 0.2) is 42.5 Å². The molecule has 0 saturated heterocycles. The number of rotatable bonds is 8. The smallest absolute Gasteiger partial charge is 0.326 e. The van der Waals surface area contributed by atoms with Crippen molar-refractivity contribution in [3.05, 3.63) is 48.0 Å². The van der Waals surface area contributed by atoms with Gasteiger partial charge in [0.05, 0.1) is 12.3 Å². The molecule has 2 atom stereocenters. The first kappa shape index (κ1) is 17.1. The Morgan fingerprint density at radius 3 is 2.40 bits per heavy atom. The van der Waals surface area contributed by atoms with E-state index in [1.807, 2.05) is 37.3 Å². The molecule has 0 amide bonds. The molecule has 0 heterocycles. The molecule has 5 heteroatoms. The lowest BCUT2D eigenvalue weighted by atomic mass is 10.0. The van der Waals surface area contributed by atoms with Crippen molar-refractivity contribution in [2.75, 3.05) is 6.16 Å². The molecule has 1 aromatic rings. The van der Waals surface area contributed by atoms with Crippen LogP contribution in [0.2, 0.25) is 0 Å². The normalized spacial score (nSPS) is 15.4. The molecule has 0 aliphatic heterocycles. The lowest BCUT2D eigenvalue weighted by Gasteiger charge is -2.14. The molecule has 0 bridgehead atoms. The molecule has 0 aliphatic carbocycles. The number of aliphatic hydroxyl groups excluding tert-OH is 1. The van der Waals surface area contributed by atoms with Gasteiger partial charge in [0.15, 0.2) is 0 Å². The quantitative estimate of drug-likeness (QED) is 0.508. The fourth-order valence-corrected chi connectivity index (χ4v) is 2.96. The molecule has 2 unspecified atom stereocenters. The Hall–Kier alpha value is -0.930. The minimum Gasteiger partial charge on any atom is -0.384 e. The SMILES string of the molecule is CCCCC(C=CC(O)c1ccccc1)CP(=O)(O)O. The standard InChI is InChI=1S/C15H23O4P/c1-2-3-7-13(12-20(17,18)19)10-11-15(16)14-8-5-4-6-9-14/h4-6,8-11,13,15-16H,2-3,7,12H2,1H3,(H2,17,18,19). The van der Waals surface area contributed by atoms with Crippen molar-refractivity contribution in [1.82, 2.24) is 0 Å². The van der Waals surface area contributed by atoms with E-state index in [-0.39, 0.29) is 12.1 Å². The first-order chi connectivity index (χ1) is 9.42. The van der Waals surface area contributed by atoms with Gasteiger partial charge in [-0.1, -0.05) is 62.2 Å². The largest absolute Gasteiger partial charge is 0.384 e. The maximum absolute atomic E-state index is 11.1. The summed E-state index contributed by atoms with van der Waals surface area (Å²) >= 11 is 0. The van der Waals surface area contributed by atoms with E-state index in [4.69, 9.17) is 9.79 Å². The summed E-state index contributed by atoms with van der Waals surface area (Å²) in [4.78, 5) is 18.2. The minimum absolute atomic E-state index is 0.162. The van der Waals surface area contributed by atoms with Gasteiger partial charge in [0, 0.05) is 0 Å². The van der Waals surface area contributed by atoms with Crippen LogP contribution in [0.3, 0.4) is 0 Å². The van der Waals surface area contributed by atoms with Crippen LogP contribution in [-0.2, 0) is 4.57 Å². The molecule has 0 spiro atoms. The molecule has 0 fully saturated rings. The number of benzene rings is 1. The summed E-state index contributed by atoms with van der Waals surface area (Å²) in [6.45, 7) is 2.04. The Bertz CT molecular complexity index is 452. The highest BCUT2D eigenvalue weighted by Gasteiger charge is 2.19. The third kappa shape index (κ3) is 7.01. The monoisotopic (exact) mass is 298 g/mol. The van der Waals surface area contributed by atoms with E-state index in [2.05, 4.69) is 0 Å². The maximum Gasteiger partial charge on any atom is 0.326 e. The molecular weight excluding hydrogens is 275 g/mol. The zero-order valence-electron chi connectivity index (χ0n) is 11.7. The highest BCUT2D eigenvalue weighted by molar-refractivity contribution is 7.51. The van der Waals surface area contributed by atoms with Crippen molar-refractivity contribution in [2.45, 2.75) is 32.3 Å². The van der Waals surface area contributed by atoms with E-state index < -0.39 is 13.7 Å². The lowest BCUT2D eigenvalue weighted by Crippen LogP contribution is -2.05. The molecular formula is C15H23O4P. The fourth-order valence-electron chi connectivity index (χ4n) is 2.04. The van der Waals surface area contributed by atoms with Crippen LogP contribution in [0.25, 0.3) is 0 Å². The van der Waals surface area contributed by atoms with E-state index in [1.54, 1.807) is 12.2 Å². The van der Waals surface area contributed by atoms with Gasteiger partial charge in [-0.05, 0) is 17.9 Å². The molecule has 4 nitrogen and oxygen atoms in total. The van der Waals surface area contributed by atoms with Gasteiger partial charge in [-0.25, -0.2) is 0 Å². The highest BCUT2D eigenvalue weighted by atomic mass is 31.2. The van der Waals surface area contributed by atoms with Gasteiger partial charge in [-0.15, -0.1) is 0 Å². The zero-order chi connectivity index (χ0) is 15.0. The molecule has 0 aromatic heterocycles.